The lowest BCUT2D eigenvalue weighted by molar-refractivity contribution is 0.0144. The van der Waals surface area contributed by atoms with Crippen molar-refractivity contribution >= 4 is 54.9 Å². The SMILES string of the molecule is Cc1cc(C(C)(C)C)cc(C)c1C1c2ccccc2C(=C=c2c(C)cc(=C=C=C3C=C[C+](C45CC6(S)CC(S)(CC(S)(C6)C4)C5)C=C3)cc2C)c2ccccc21. The van der Waals surface area contributed by atoms with Crippen LogP contribution in [0.25, 0.3) is 17.0 Å². The Hall–Kier alpha value is -3.64. The normalized spacial score (nSPS) is 28.5. The number of benzene rings is 4. The van der Waals surface area contributed by atoms with Crippen LogP contribution in [0.4, 0.5) is 0 Å². The van der Waals surface area contributed by atoms with Crippen LogP contribution in [0.3, 0.4) is 0 Å². The van der Waals surface area contributed by atoms with Gasteiger partial charge in [-0.2, -0.15) is 37.9 Å². The van der Waals surface area contributed by atoms with Gasteiger partial charge in [0.1, 0.15) is 5.57 Å². The van der Waals surface area contributed by atoms with Crippen molar-refractivity contribution in [3.63, 3.8) is 0 Å². The minimum atomic E-state index is 0.0231. The van der Waals surface area contributed by atoms with E-state index < -0.39 is 0 Å². The summed E-state index contributed by atoms with van der Waals surface area (Å²) in [5, 5.41) is 2.17. The molecule has 0 spiro atoms. The zero-order valence-corrected chi connectivity index (χ0v) is 36.6. The summed E-state index contributed by atoms with van der Waals surface area (Å²) in [6.07, 6.45) is 15.6. The monoisotopic (exact) mass is 785 g/mol. The quantitative estimate of drug-likeness (QED) is 0.0886. The molecule has 0 heterocycles. The first-order valence-corrected chi connectivity index (χ1v) is 21.7. The van der Waals surface area contributed by atoms with E-state index in [2.05, 4.69) is 163 Å². The lowest BCUT2D eigenvalue weighted by Gasteiger charge is -2.67. The van der Waals surface area contributed by atoms with Crippen LogP contribution in [0.15, 0.2) is 108 Å². The van der Waals surface area contributed by atoms with Gasteiger partial charge in [0.25, 0.3) is 0 Å². The van der Waals surface area contributed by atoms with Gasteiger partial charge in [-0.05, 0) is 145 Å². The zero-order chi connectivity index (χ0) is 39.4. The molecule has 4 saturated carbocycles. The smallest absolute Gasteiger partial charge is 0.134 e. The highest BCUT2D eigenvalue weighted by Gasteiger charge is 2.68. The summed E-state index contributed by atoms with van der Waals surface area (Å²) >= 11 is 15.8. The fraction of sp³-hybridized carbons (Fsp3) is 0.358. The van der Waals surface area contributed by atoms with Crippen molar-refractivity contribution in [2.45, 2.75) is 113 Å². The third-order valence-electron chi connectivity index (χ3n) is 13.4. The van der Waals surface area contributed by atoms with Crippen LogP contribution in [0, 0.1) is 39.0 Å². The number of thiol groups is 3. The number of hydrogen-bond donors (Lipinski definition) is 3. The molecular formula is C53H53S3+. The van der Waals surface area contributed by atoms with Gasteiger partial charge in [-0.1, -0.05) is 87.2 Å². The highest BCUT2D eigenvalue weighted by Crippen LogP contribution is 2.72. The van der Waals surface area contributed by atoms with E-state index in [-0.39, 0.29) is 31.0 Å². The van der Waals surface area contributed by atoms with Crippen molar-refractivity contribution in [1.82, 2.24) is 0 Å². The van der Waals surface area contributed by atoms with E-state index >= 15 is 0 Å². The zero-order valence-electron chi connectivity index (χ0n) is 33.9. The second kappa shape index (κ2) is 13.2. The molecule has 56 heavy (non-hydrogen) atoms. The molecule has 0 radical (unpaired) electrons. The number of aryl methyl sites for hydroxylation is 4. The molecule has 4 fully saturated rings. The van der Waals surface area contributed by atoms with Gasteiger partial charge in [-0.25, -0.2) is 0 Å². The van der Waals surface area contributed by atoms with Gasteiger partial charge >= 0.3 is 0 Å². The average Bonchev–Trinajstić information content (AvgIpc) is 3.10. The average molecular weight is 786 g/mol. The Morgan fingerprint density at radius 1 is 0.625 bits per heavy atom. The van der Waals surface area contributed by atoms with Gasteiger partial charge in [0, 0.05) is 41.6 Å². The maximum atomic E-state index is 5.25. The molecule has 0 aliphatic heterocycles. The Labute approximate surface area is 351 Å². The van der Waals surface area contributed by atoms with E-state index in [1.165, 1.54) is 61.6 Å². The summed E-state index contributed by atoms with van der Waals surface area (Å²) in [5.74, 6) is 1.56. The summed E-state index contributed by atoms with van der Waals surface area (Å²) in [6.45, 7) is 15.9. The molecule has 0 saturated heterocycles. The van der Waals surface area contributed by atoms with E-state index in [0.29, 0.717) is 0 Å². The number of hydrogen-bond acceptors (Lipinski definition) is 3. The van der Waals surface area contributed by atoms with Crippen LogP contribution in [0.1, 0.15) is 121 Å². The van der Waals surface area contributed by atoms with Gasteiger partial charge in [0.15, 0.2) is 0 Å². The van der Waals surface area contributed by atoms with Crippen molar-refractivity contribution in [2.75, 3.05) is 0 Å². The predicted molar refractivity (Wildman–Crippen MR) is 247 cm³/mol. The topological polar surface area (TPSA) is 0 Å². The van der Waals surface area contributed by atoms with Crippen LogP contribution >= 0.6 is 37.9 Å². The van der Waals surface area contributed by atoms with Crippen LogP contribution in [0.5, 0.6) is 0 Å². The van der Waals surface area contributed by atoms with E-state index in [4.69, 9.17) is 37.9 Å². The van der Waals surface area contributed by atoms with Gasteiger partial charge in [0.2, 0.25) is 0 Å². The molecule has 0 N–H and O–H groups in total. The Morgan fingerprint density at radius 3 is 1.59 bits per heavy atom. The summed E-state index contributed by atoms with van der Waals surface area (Å²) < 4.78 is 0.0694. The van der Waals surface area contributed by atoms with Crippen molar-refractivity contribution in [3.8, 4) is 0 Å². The van der Waals surface area contributed by atoms with E-state index in [9.17, 15) is 0 Å². The standard InChI is InChI=1S/C53H52S3/c1-33-22-38(17-16-37-18-20-39(21-19-37)50-27-51(54)30-52(55,28-50)32-53(56,29-50)31-51)23-34(2)45(33)26-46-41-12-8-10-14-43(41)48(44-15-11-9-13-42(44)46)47-35(3)24-40(25-36(47)4)49(5,6)7/h8-15,18-25,48H,27-32H2,1-7H3,(H2-,54,55,56)/p+1. The highest BCUT2D eigenvalue weighted by molar-refractivity contribution is 7.84. The van der Waals surface area contributed by atoms with Crippen LogP contribution < -0.4 is 10.4 Å². The summed E-state index contributed by atoms with van der Waals surface area (Å²) in [4.78, 5) is 0. The molecule has 10 rings (SSSR count). The predicted octanol–water partition coefficient (Wildman–Crippen LogP) is 11.8. The lowest BCUT2D eigenvalue weighted by atomic mass is 9.45. The van der Waals surface area contributed by atoms with Gasteiger partial charge in [0.05, 0.1) is 30.2 Å². The van der Waals surface area contributed by atoms with E-state index in [0.717, 1.165) is 60.1 Å². The fourth-order valence-electron chi connectivity index (χ4n) is 11.8. The van der Waals surface area contributed by atoms with E-state index in [1.54, 1.807) is 0 Å². The van der Waals surface area contributed by atoms with Crippen LogP contribution in [0.2, 0.25) is 0 Å². The summed E-state index contributed by atoms with van der Waals surface area (Å²) in [6, 6.07) is 27.2. The van der Waals surface area contributed by atoms with Gasteiger partial charge in [-0.3, -0.25) is 0 Å². The molecule has 6 aliphatic rings. The second-order valence-corrected chi connectivity index (χ2v) is 22.1. The third-order valence-corrected chi connectivity index (χ3v) is 14.9. The molecule has 4 bridgehead atoms. The summed E-state index contributed by atoms with van der Waals surface area (Å²) in [7, 11) is 0. The van der Waals surface area contributed by atoms with Crippen molar-refractivity contribution in [1.29, 1.82) is 0 Å². The molecule has 0 nitrogen and oxygen atoms in total. The second-order valence-electron chi connectivity index (χ2n) is 19.2. The van der Waals surface area contributed by atoms with Crippen molar-refractivity contribution < 1.29 is 0 Å². The molecule has 4 aromatic rings. The Balaban J connectivity index is 1.11. The minimum Gasteiger partial charge on any atom is -0.172 e. The van der Waals surface area contributed by atoms with Crippen molar-refractivity contribution in [2.24, 2.45) is 5.41 Å². The Kier molecular flexibility index (Phi) is 8.93. The maximum absolute atomic E-state index is 5.25. The van der Waals surface area contributed by atoms with Crippen LogP contribution in [-0.2, 0) is 5.41 Å². The first-order valence-electron chi connectivity index (χ1n) is 20.3. The number of allylic oxidation sites excluding steroid dienone is 5. The maximum Gasteiger partial charge on any atom is 0.134 e. The molecule has 0 unspecified atom stereocenters. The number of fused-ring (bicyclic) bond motifs is 2. The molecule has 0 amide bonds. The highest BCUT2D eigenvalue weighted by atomic mass is 32.1. The first-order chi connectivity index (χ1) is 26.5. The molecule has 3 heteroatoms. The van der Waals surface area contributed by atoms with Crippen molar-refractivity contribution in [3.05, 3.63) is 180 Å². The van der Waals surface area contributed by atoms with Gasteiger partial charge in [-0.15, -0.1) is 5.73 Å². The van der Waals surface area contributed by atoms with Crippen LogP contribution in [-0.4, -0.2) is 14.2 Å². The first kappa shape index (κ1) is 37.9. The minimum absolute atomic E-state index is 0.0231. The molecule has 4 aromatic carbocycles. The molecule has 0 atom stereocenters. The van der Waals surface area contributed by atoms with E-state index in [1.807, 2.05) is 0 Å². The number of rotatable bonds is 2. The molecular weight excluding hydrogens is 733 g/mol. The lowest BCUT2D eigenvalue weighted by Crippen LogP contribution is -2.65. The summed E-state index contributed by atoms with van der Waals surface area (Å²) in [5.41, 5.74) is 26.4. The molecule has 282 valence electrons. The third kappa shape index (κ3) is 6.50. The van der Waals surface area contributed by atoms with Gasteiger partial charge < -0.3 is 0 Å². The fourth-order valence-corrected chi connectivity index (χ4v) is 14.9. The Morgan fingerprint density at radius 2 is 1.11 bits per heavy atom. The largest absolute Gasteiger partial charge is 0.172 e. The molecule has 0 aromatic heterocycles. The Bertz CT molecular complexity index is 2470. The molecule has 6 aliphatic carbocycles.